The molecule has 0 aliphatic carbocycles. The number of aromatic nitrogens is 3. The Balaban J connectivity index is 1.57. The highest BCUT2D eigenvalue weighted by molar-refractivity contribution is 7.99. The van der Waals surface area contributed by atoms with E-state index in [9.17, 15) is 9.59 Å². The van der Waals surface area contributed by atoms with Crippen molar-refractivity contribution in [2.75, 3.05) is 25.3 Å². The van der Waals surface area contributed by atoms with Crippen LogP contribution in [-0.4, -0.2) is 52.7 Å². The number of amides is 1. The first kappa shape index (κ1) is 23.6. The second kappa shape index (κ2) is 11.0. The van der Waals surface area contributed by atoms with Gasteiger partial charge in [0, 0.05) is 12.6 Å². The number of ether oxygens (including phenoxy) is 3. The Morgan fingerprint density at radius 1 is 1.22 bits per heavy atom. The van der Waals surface area contributed by atoms with Crippen LogP contribution in [-0.2, 0) is 20.9 Å². The minimum atomic E-state index is -0.996. The van der Waals surface area contributed by atoms with Crippen LogP contribution in [0.3, 0.4) is 0 Å². The highest BCUT2D eigenvalue weighted by Gasteiger charge is 2.21. The maximum absolute atomic E-state index is 12.5. The van der Waals surface area contributed by atoms with Crippen molar-refractivity contribution in [1.29, 1.82) is 0 Å². The SMILES string of the molecule is CCn1c(SCC(=O)OC(C)C(=O)Nc2cc(OC)ccc2OC)nnc1-c1cccs1. The van der Waals surface area contributed by atoms with Gasteiger partial charge in [0.1, 0.15) is 11.5 Å². The molecule has 170 valence electrons. The van der Waals surface area contributed by atoms with E-state index in [0.717, 1.165) is 10.7 Å². The fourth-order valence-electron chi connectivity index (χ4n) is 2.82. The van der Waals surface area contributed by atoms with Crippen LogP contribution < -0.4 is 14.8 Å². The monoisotopic (exact) mass is 476 g/mol. The fourth-order valence-corrected chi connectivity index (χ4v) is 4.33. The molecule has 0 aliphatic rings. The Hall–Kier alpha value is -3.05. The summed E-state index contributed by atoms with van der Waals surface area (Å²) in [6, 6.07) is 8.95. The van der Waals surface area contributed by atoms with Gasteiger partial charge in [-0.05, 0) is 37.4 Å². The maximum Gasteiger partial charge on any atom is 0.317 e. The molecule has 0 saturated heterocycles. The van der Waals surface area contributed by atoms with Crippen molar-refractivity contribution in [1.82, 2.24) is 14.8 Å². The minimum absolute atomic E-state index is 0.00265. The van der Waals surface area contributed by atoms with Crippen LogP contribution in [0.25, 0.3) is 10.7 Å². The van der Waals surface area contributed by atoms with Crippen molar-refractivity contribution in [3.05, 3.63) is 35.7 Å². The first-order valence-electron chi connectivity index (χ1n) is 9.79. The lowest BCUT2D eigenvalue weighted by Gasteiger charge is -2.16. The second-order valence-corrected chi connectivity index (χ2v) is 8.39. The lowest BCUT2D eigenvalue weighted by molar-refractivity contribution is -0.150. The summed E-state index contributed by atoms with van der Waals surface area (Å²) in [6.45, 7) is 4.16. The zero-order valence-electron chi connectivity index (χ0n) is 18.2. The Morgan fingerprint density at radius 2 is 2.03 bits per heavy atom. The molecule has 2 heterocycles. The van der Waals surface area contributed by atoms with E-state index in [4.69, 9.17) is 14.2 Å². The minimum Gasteiger partial charge on any atom is -0.497 e. The van der Waals surface area contributed by atoms with Crippen LogP contribution in [0.2, 0.25) is 0 Å². The molecule has 1 amide bonds. The number of rotatable bonds is 10. The number of hydrogen-bond donors (Lipinski definition) is 1. The van der Waals surface area contributed by atoms with Gasteiger partial charge in [-0.25, -0.2) is 0 Å². The summed E-state index contributed by atoms with van der Waals surface area (Å²) in [5.74, 6) is 0.782. The Morgan fingerprint density at radius 3 is 2.69 bits per heavy atom. The number of nitrogens with one attached hydrogen (secondary N) is 1. The number of anilines is 1. The van der Waals surface area contributed by atoms with Crippen molar-refractivity contribution >= 4 is 40.7 Å². The molecule has 0 aliphatic heterocycles. The van der Waals surface area contributed by atoms with E-state index in [2.05, 4.69) is 15.5 Å². The lowest BCUT2D eigenvalue weighted by Crippen LogP contribution is -2.30. The van der Waals surface area contributed by atoms with Crippen LogP contribution in [0.4, 0.5) is 5.69 Å². The highest BCUT2D eigenvalue weighted by atomic mass is 32.2. The van der Waals surface area contributed by atoms with Crippen molar-refractivity contribution in [2.45, 2.75) is 31.7 Å². The van der Waals surface area contributed by atoms with Gasteiger partial charge in [-0.15, -0.1) is 21.5 Å². The first-order valence-corrected chi connectivity index (χ1v) is 11.7. The predicted molar refractivity (Wildman–Crippen MR) is 123 cm³/mol. The van der Waals surface area contributed by atoms with Crippen LogP contribution >= 0.6 is 23.1 Å². The van der Waals surface area contributed by atoms with Crippen molar-refractivity contribution in [3.8, 4) is 22.2 Å². The van der Waals surface area contributed by atoms with Crippen LogP contribution in [0.5, 0.6) is 11.5 Å². The van der Waals surface area contributed by atoms with Gasteiger partial charge in [-0.1, -0.05) is 17.8 Å². The third-order valence-electron chi connectivity index (χ3n) is 4.44. The molecule has 1 unspecified atom stereocenters. The standard InChI is InChI=1S/C21H24N4O5S2/c1-5-25-19(17-7-6-10-31-17)23-24-21(25)32-12-18(26)30-13(2)20(27)22-15-11-14(28-3)8-9-16(15)29-4/h6-11,13H,5,12H2,1-4H3,(H,22,27). The molecule has 0 fully saturated rings. The quantitative estimate of drug-likeness (QED) is 0.349. The summed E-state index contributed by atoms with van der Waals surface area (Å²) >= 11 is 2.79. The number of thiophene rings is 1. The van der Waals surface area contributed by atoms with E-state index < -0.39 is 18.0 Å². The van der Waals surface area contributed by atoms with E-state index >= 15 is 0 Å². The summed E-state index contributed by atoms with van der Waals surface area (Å²) in [5, 5.41) is 13.7. The average molecular weight is 477 g/mol. The topological polar surface area (TPSA) is 105 Å². The summed E-state index contributed by atoms with van der Waals surface area (Å²) in [6.07, 6.45) is -0.996. The molecule has 3 rings (SSSR count). The molecule has 0 spiro atoms. The van der Waals surface area contributed by atoms with Gasteiger partial charge >= 0.3 is 5.97 Å². The van der Waals surface area contributed by atoms with E-state index in [1.165, 1.54) is 32.9 Å². The number of methoxy groups -OCH3 is 2. The molecular formula is C21H24N4O5S2. The van der Waals surface area contributed by atoms with Crippen LogP contribution in [0.15, 0.2) is 40.9 Å². The third-order valence-corrected chi connectivity index (χ3v) is 6.24. The third kappa shape index (κ3) is 5.60. The molecule has 0 saturated carbocycles. The molecule has 2 aromatic heterocycles. The Bertz CT molecular complexity index is 1070. The van der Waals surface area contributed by atoms with Crippen molar-refractivity contribution in [3.63, 3.8) is 0 Å². The molecule has 3 aromatic rings. The van der Waals surface area contributed by atoms with Crippen LogP contribution in [0.1, 0.15) is 13.8 Å². The van der Waals surface area contributed by atoms with E-state index in [0.29, 0.717) is 28.9 Å². The van der Waals surface area contributed by atoms with Gasteiger partial charge in [0.2, 0.25) is 0 Å². The number of carbonyl (C=O) groups is 2. The van der Waals surface area contributed by atoms with Gasteiger partial charge in [0.15, 0.2) is 17.1 Å². The Kier molecular flexibility index (Phi) is 8.12. The summed E-state index contributed by atoms with van der Waals surface area (Å²) in [7, 11) is 3.02. The normalized spacial score (nSPS) is 11.6. The van der Waals surface area contributed by atoms with Gasteiger partial charge in [-0.2, -0.15) is 0 Å². The van der Waals surface area contributed by atoms with E-state index in [1.807, 2.05) is 29.0 Å². The number of carbonyl (C=O) groups excluding carboxylic acids is 2. The van der Waals surface area contributed by atoms with Crippen LogP contribution in [0, 0.1) is 0 Å². The molecular weight excluding hydrogens is 452 g/mol. The zero-order valence-corrected chi connectivity index (χ0v) is 19.8. The molecule has 1 atom stereocenters. The van der Waals surface area contributed by atoms with E-state index in [1.54, 1.807) is 29.5 Å². The summed E-state index contributed by atoms with van der Waals surface area (Å²) < 4.78 is 17.6. The fraction of sp³-hybridized carbons (Fsp3) is 0.333. The number of thioether (sulfide) groups is 1. The second-order valence-electron chi connectivity index (χ2n) is 6.50. The largest absolute Gasteiger partial charge is 0.497 e. The average Bonchev–Trinajstić information content (AvgIpc) is 3.46. The number of benzene rings is 1. The molecule has 1 aromatic carbocycles. The zero-order chi connectivity index (χ0) is 23.1. The lowest BCUT2D eigenvalue weighted by atomic mass is 10.2. The van der Waals surface area contributed by atoms with Gasteiger partial charge < -0.3 is 24.1 Å². The molecule has 9 nitrogen and oxygen atoms in total. The smallest absolute Gasteiger partial charge is 0.317 e. The first-order chi connectivity index (χ1) is 15.5. The summed E-state index contributed by atoms with van der Waals surface area (Å²) in [4.78, 5) is 25.8. The number of nitrogens with zero attached hydrogens (tertiary/aromatic N) is 3. The maximum atomic E-state index is 12.5. The molecule has 0 bridgehead atoms. The Labute approximate surface area is 194 Å². The highest BCUT2D eigenvalue weighted by Crippen LogP contribution is 2.29. The molecule has 11 heteroatoms. The number of hydrogen-bond acceptors (Lipinski definition) is 9. The molecule has 32 heavy (non-hydrogen) atoms. The molecule has 1 N–H and O–H groups in total. The van der Waals surface area contributed by atoms with E-state index in [-0.39, 0.29) is 5.75 Å². The van der Waals surface area contributed by atoms with Crippen molar-refractivity contribution < 1.29 is 23.8 Å². The molecule has 0 radical (unpaired) electrons. The predicted octanol–water partition coefficient (Wildman–Crippen LogP) is 3.71. The van der Waals surface area contributed by atoms with Gasteiger partial charge in [0.25, 0.3) is 5.91 Å². The van der Waals surface area contributed by atoms with Gasteiger partial charge in [0.05, 0.1) is 30.5 Å². The van der Waals surface area contributed by atoms with Gasteiger partial charge in [-0.3, -0.25) is 9.59 Å². The summed E-state index contributed by atoms with van der Waals surface area (Å²) in [5.41, 5.74) is 0.422. The van der Waals surface area contributed by atoms with Crippen molar-refractivity contribution in [2.24, 2.45) is 0 Å². The number of esters is 1.